The third-order valence-corrected chi connectivity index (χ3v) is 7.25. The van der Waals surface area contributed by atoms with E-state index >= 15 is 0 Å². The Hall–Kier alpha value is -5.09. The van der Waals surface area contributed by atoms with Crippen LogP contribution in [-0.2, 0) is 11.3 Å². The maximum Gasteiger partial charge on any atom is 0.253 e. The lowest BCUT2D eigenvalue weighted by molar-refractivity contribution is -0.111. The molecule has 2 N–H and O–H groups in total. The van der Waals surface area contributed by atoms with E-state index in [1.807, 2.05) is 54.2 Å². The molecule has 1 aliphatic heterocycles. The quantitative estimate of drug-likeness (QED) is 0.252. The predicted octanol–water partition coefficient (Wildman–Crippen LogP) is 4.91. The predicted molar refractivity (Wildman–Crippen MR) is 172 cm³/mol. The van der Waals surface area contributed by atoms with Crippen LogP contribution in [0.4, 0.5) is 21.7 Å². The van der Waals surface area contributed by atoms with Crippen molar-refractivity contribution in [1.82, 2.24) is 19.8 Å². The summed E-state index contributed by atoms with van der Waals surface area (Å²) in [4.78, 5) is 40.4. The molecule has 226 valence electrons. The fourth-order valence-corrected chi connectivity index (χ4v) is 4.93. The fourth-order valence-electron chi connectivity index (χ4n) is 4.93. The van der Waals surface area contributed by atoms with Gasteiger partial charge in [-0.3, -0.25) is 14.6 Å². The Morgan fingerprint density at radius 1 is 0.955 bits per heavy atom. The number of nitrogens with one attached hydrogen (secondary N) is 2. The minimum Gasteiger partial charge on any atom is -0.365 e. The lowest BCUT2D eigenvalue weighted by Gasteiger charge is -2.35. The highest BCUT2D eigenvalue weighted by Gasteiger charge is 2.23. The second-order valence-electron chi connectivity index (χ2n) is 10.8. The molecule has 44 heavy (non-hydrogen) atoms. The van der Waals surface area contributed by atoms with Gasteiger partial charge in [0.1, 0.15) is 17.5 Å². The molecule has 1 aliphatic rings. The molecule has 1 saturated heterocycles. The highest BCUT2D eigenvalue weighted by molar-refractivity contribution is 6.00. The number of hydrogen-bond donors (Lipinski definition) is 2. The average molecular weight is 594 g/mol. The van der Waals surface area contributed by atoms with E-state index in [-0.39, 0.29) is 17.6 Å². The van der Waals surface area contributed by atoms with Crippen molar-refractivity contribution >= 4 is 29.1 Å². The van der Waals surface area contributed by atoms with Crippen LogP contribution in [0, 0.1) is 5.82 Å². The fraction of sp³-hybridized carbons (Fsp3) is 0.235. The third kappa shape index (κ3) is 8.05. The number of carbonyl (C=O) groups excluding carboxylic acids is 2. The molecule has 0 bridgehead atoms. The van der Waals surface area contributed by atoms with Gasteiger partial charge < -0.3 is 25.3 Å². The van der Waals surface area contributed by atoms with Crippen molar-refractivity contribution < 1.29 is 14.0 Å². The van der Waals surface area contributed by atoms with Gasteiger partial charge in [0.15, 0.2) is 0 Å². The molecule has 0 unspecified atom stereocenters. The van der Waals surface area contributed by atoms with Gasteiger partial charge in [0, 0.05) is 74.6 Å². The lowest BCUT2D eigenvalue weighted by atomic mass is 10.1. The number of rotatable bonds is 10. The van der Waals surface area contributed by atoms with E-state index in [1.54, 1.807) is 48.8 Å². The number of pyridine rings is 2. The summed E-state index contributed by atoms with van der Waals surface area (Å²) in [6.45, 7) is 3.45. The van der Waals surface area contributed by atoms with Crippen molar-refractivity contribution in [2.24, 2.45) is 0 Å². The molecular weight excluding hydrogens is 557 g/mol. The Labute approximate surface area is 257 Å². The van der Waals surface area contributed by atoms with Crippen molar-refractivity contribution in [3.05, 3.63) is 114 Å². The molecule has 0 atom stereocenters. The standard InChI is InChI=1S/C34H36FN7O2/c1-40(2)18-4-7-32(43)38-29-10-8-27(9-11-29)34(44)42-21-19-41(20-22-42)31-13-12-30(26-14-16-36-17-15-26)33(39-31)37-24-25-5-3-6-28(35)23-25/h3-17,23H,18-22,24H2,1-2H3,(H,37,39)(H,38,43)/b7-4+. The zero-order chi connectivity index (χ0) is 30.9. The van der Waals surface area contributed by atoms with Gasteiger partial charge in [0.25, 0.3) is 5.91 Å². The van der Waals surface area contributed by atoms with Gasteiger partial charge in [-0.05, 0) is 85.9 Å². The van der Waals surface area contributed by atoms with Crippen LogP contribution in [0.2, 0.25) is 0 Å². The topological polar surface area (TPSA) is 93.7 Å². The van der Waals surface area contributed by atoms with E-state index in [2.05, 4.69) is 20.5 Å². The summed E-state index contributed by atoms with van der Waals surface area (Å²) < 4.78 is 13.8. The van der Waals surface area contributed by atoms with Crippen molar-refractivity contribution in [3.63, 3.8) is 0 Å². The van der Waals surface area contributed by atoms with Crippen LogP contribution >= 0.6 is 0 Å². The van der Waals surface area contributed by atoms with Crippen molar-refractivity contribution in [1.29, 1.82) is 0 Å². The van der Waals surface area contributed by atoms with Crippen LogP contribution in [-0.4, -0.2) is 78.4 Å². The summed E-state index contributed by atoms with van der Waals surface area (Å²) in [6.07, 6.45) is 6.78. The normalized spacial score (nSPS) is 13.4. The molecule has 1 fully saturated rings. The molecule has 10 heteroatoms. The first-order valence-electron chi connectivity index (χ1n) is 14.5. The van der Waals surface area contributed by atoms with E-state index in [0.29, 0.717) is 56.3 Å². The zero-order valence-electron chi connectivity index (χ0n) is 24.9. The smallest absolute Gasteiger partial charge is 0.253 e. The maximum absolute atomic E-state index is 13.8. The summed E-state index contributed by atoms with van der Waals surface area (Å²) in [5.74, 6) is 0.955. The van der Waals surface area contributed by atoms with Gasteiger partial charge in [-0.1, -0.05) is 18.2 Å². The minimum atomic E-state index is -0.279. The highest BCUT2D eigenvalue weighted by Crippen LogP contribution is 2.30. The first-order valence-corrected chi connectivity index (χ1v) is 14.5. The van der Waals surface area contributed by atoms with Gasteiger partial charge in [-0.2, -0.15) is 0 Å². The van der Waals surface area contributed by atoms with Crippen LogP contribution in [0.3, 0.4) is 0 Å². The van der Waals surface area contributed by atoms with E-state index < -0.39 is 0 Å². The van der Waals surface area contributed by atoms with Gasteiger partial charge >= 0.3 is 0 Å². The van der Waals surface area contributed by atoms with E-state index in [9.17, 15) is 14.0 Å². The number of anilines is 3. The van der Waals surface area contributed by atoms with Crippen LogP contribution < -0.4 is 15.5 Å². The molecule has 0 aliphatic carbocycles. The summed E-state index contributed by atoms with van der Waals surface area (Å²) >= 11 is 0. The number of benzene rings is 2. The first-order chi connectivity index (χ1) is 21.4. The Kier molecular flexibility index (Phi) is 9.93. The molecule has 3 heterocycles. The molecule has 2 aromatic carbocycles. The van der Waals surface area contributed by atoms with Gasteiger partial charge in [0.05, 0.1) is 0 Å². The number of nitrogens with zero attached hydrogens (tertiary/aromatic N) is 5. The molecule has 9 nitrogen and oxygen atoms in total. The molecule has 2 amide bonds. The lowest BCUT2D eigenvalue weighted by Crippen LogP contribution is -2.49. The largest absolute Gasteiger partial charge is 0.365 e. The highest BCUT2D eigenvalue weighted by atomic mass is 19.1. The van der Waals surface area contributed by atoms with Gasteiger partial charge in [0.2, 0.25) is 5.91 Å². The number of likely N-dealkylation sites (N-methyl/N-ethyl adjacent to an activating group) is 1. The first kappa shape index (κ1) is 30.4. The Bertz CT molecular complexity index is 1600. The summed E-state index contributed by atoms with van der Waals surface area (Å²) in [7, 11) is 3.87. The number of hydrogen-bond acceptors (Lipinski definition) is 7. The third-order valence-electron chi connectivity index (χ3n) is 7.25. The number of halogens is 1. The van der Waals surface area contributed by atoms with E-state index in [0.717, 1.165) is 22.5 Å². The van der Waals surface area contributed by atoms with Gasteiger partial charge in [-0.15, -0.1) is 0 Å². The molecule has 0 saturated carbocycles. The Balaban J connectivity index is 1.22. The van der Waals surface area contributed by atoms with E-state index in [4.69, 9.17) is 4.98 Å². The monoisotopic (exact) mass is 593 g/mol. The van der Waals surface area contributed by atoms with Crippen LogP contribution in [0.5, 0.6) is 0 Å². The maximum atomic E-state index is 13.8. The number of amides is 2. The Morgan fingerprint density at radius 3 is 2.41 bits per heavy atom. The number of aromatic nitrogens is 2. The van der Waals surface area contributed by atoms with Crippen molar-refractivity contribution in [2.45, 2.75) is 6.54 Å². The number of carbonyl (C=O) groups is 2. The second-order valence-corrected chi connectivity index (χ2v) is 10.8. The molecule has 2 aromatic heterocycles. The van der Waals surface area contributed by atoms with Crippen LogP contribution in [0.15, 0.2) is 97.3 Å². The van der Waals surface area contributed by atoms with Crippen LogP contribution in [0.1, 0.15) is 15.9 Å². The molecule has 0 radical (unpaired) electrons. The number of piperazine rings is 1. The molecule has 5 rings (SSSR count). The summed E-state index contributed by atoms with van der Waals surface area (Å²) in [5, 5.41) is 6.21. The van der Waals surface area contributed by atoms with Crippen LogP contribution in [0.25, 0.3) is 11.1 Å². The zero-order valence-corrected chi connectivity index (χ0v) is 24.9. The van der Waals surface area contributed by atoms with Crippen molar-refractivity contribution in [3.8, 4) is 11.1 Å². The van der Waals surface area contributed by atoms with Crippen molar-refractivity contribution in [2.75, 3.05) is 62.4 Å². The van der Waals surface area contributed by atoms with E-state index in [1.165, 1.54) is 18.2 Å². The summed E-state index contributed by atoms with van der Waals surface area (Å²) in [6, 6.07) is 21.3. The average Bonchev–Trinajstić information content (AvgIpc) is 3.04. The summed E-state index contributed by atoms with van der Waals surface area (Å²) in [5.41, 5.74) is 3.92. The Morgan fingerprint density at radius 2 is 1.70 bits per heavy atom. The van der Waals surface area contributed by atoms with Gasteiger partial charge in [-0.25, -0.2) is 9.37 Å². The SMILES string of the molecule is CN(C)C/C=C/C(=O)Nc1ccc(C(=O)N2CCN(c3ccc(-c4ccncc4)c(NCc4cccc(F)c4)n3)CC2)cc1. The second kappa shape index (κ2) is 14.4. The molecule has 4 aromatic rings. The molecule has 0 spiro atoms. The minimum absolute atomic E-state index is 0.0492. The molecular formula is C34H36FN7O2.